The smallest absolute Gasteiger partial charge is 0.0426 e. The Labute approximate surface area is 128 Å². The van der Waals surface area contributed by atoms with Gasteiger partial charge in [0.15, 0.2) is 0 Å². The van der Waals surface area contributed by atoms with E-state index in [9.17, 15) is 0 Å². The Morgan fingerprint density at radius 1 is 1.30 bits per heavy atom. The van der Waals surface area contributed by atoms with Gasteiger partial charge in [0, 0.05) is 30.3 Å². The van der Waals surface area contributed by atoms with Crippen molar-refractivity contribution in [3.63, 3.8) is 0 Å². The minimum atomic E-state index is 0.839. The van der Waals surface area contributed by atoms with Crippen LogP contribution in [-0.4, -0.2) is 19.6 Å². The van der Waals surface area contributed by atoms with Crippen molar-refractivity contribution in [2.45, 2.75) is 46.1 Å². The molecule has 1 fully saturated rings. The van der Waals surface area contributed by atoms with Crippen molar-refractivity contribution in [2.75, 3.05) is 24.5 Å². The molecular formula is C17H27ClN2. The van der Waals surface area contributed by atoms with E-state index >= 15 is 0 Å². The number of hydrogen-bond acceptors (Lipinski definition) is 2. The van der Waals surface area contributed by atoms with Gasteiger partial charge in [-0.15, -0.1) is 0 Å². The van der Waals surface area contributed by atoms with Crippen LogP contribution in [0.1, 0.15) is 45.1 Å². The highest BCUT2D eigenvalue weighted by atomic mass is 35.5. The van der Waals surface area contributed by atoms with Gasteiger partial charge < -0.3 is 10.2 Å². The Bertz CT molecular complexity index is 415. The number of anilines is 1. The Hall–Kier alpha value is -0.730. The quantitative estimate of drug-likeness (QED) is 0.712. The lowest BCUT2D eigenvalue weighted by molar-refractivity contribution is 0.318. The van der Waals surface area contributed by atoms with Crippen LogP contribution in [0.25, 0.3) is 0 Å². The molecule has 0 spiro atoms. The molecular weight excluding hydrogens is 268 g/mol. The van der Waals surface area contributed by atoms with E-state index in [1.807, 2.05) is 6.07 Å². The second kappa shape index (κ2) is 7.90. The fourth-order valence-electron chi connectivity index (χ4n) is 2.77. The van der Waals surface area contributed by atoms with Crippen LogP contribution in [0.15, 0.2) is 18.2 Å². The molecule has 0 heterocycles. The predicted molar refractivity (Wildman–Crippen MR) is 88.7 cm³/mol. The van der Waals surface area contributed by atoms with Crippen molar-refractivity contribution < 1.29 is 0 Å². The molecule has 1 saturated carbocycles. The highest BCUT2D eigenvalue weighted by Gasteiger charge is 2.21. The average molecular weight is 295 g/mol. The maximum atomic E-state index is 6.22. The van der Waals surface area contributed by atoms with Crippen molar-refractivity contribution in [1.82, 2.24) is 5.32 Å². The average Bonchev–Trinajstić information content (AvgIpc) is 2.40. The van der Waals surface area contributed by atoms with Gasteiger partial charge in [0.2, 0.25) is 0 Å². The molecule has 1 aliphatic rings. The van der Waals surface area contributed by atoms with Crippen molar-refractivity contribution in [3.05, 3.63) is 28.8 Å². The summed E-state index contributed by atoms with van der Waals surface area (Å²) in [5, 5.41) is 4.34. The summed E-state index contributed by atoms with van der Waals surface area (Å²) in [5.41, 5.74) is 2.68. The maximum absolute atomic E-state index is 6.22. The number of halogens is 1. The van der Waals surface area contributed by atoms with E-state index in [0.29, 0.717) is 0 Å². The van der Waals surface area contributed by atoms with Crippen LogP contribution in [0.4, 0.5) is 5.69 Å². The fourth-order valence-corrected chi connectivity index (χ4v) is 2.93. The Balaban J connectivity index is 2.10. The van der Waals surface area contributed by atoms with Gasteiger partial charge in [0.1, 0.15) is 0 Å². The first kappa shape index (κ1) is 15.7. The van der Waals surface area contributed by atoms with Gasteiger partial charge >= 0.3 is 0 Å². The molecule has 2 rings (SSSR count). The lowest BCUT2D eigenvalue weighted by atomic mass is 9.85. The van der Waals surface area contributed by atoms with Crippen LogP contribution in [0.2, 0.25) is 5.02 Å². The molecule has 1 aliphatic carbocycles. The highest BCUT2D eigenvalue weighted by molar-refractivity contribution is 6.30. The van der Waals surface area contributed by atoms with Crippen LogP contribution < -0.4 is 10.2 Å². The molecule has 0 bridgehead atoms. The zero-order chi connectivity index (χ0) is 14.4. The van der Waals surface area contributed by atoms with E-state index < -0.39 is 0 Å². The third-order valence-corrected chi connectivity index (χ3v) is 4.45. The molecule has 112 valence electrons. The summed E-state index contributed by atoms with van der Waals surface area (Å²) in [6, 6.07) is 6.31. The molecule has 0 radical (unpaired) electrons. The monoisotopic (exact) mass is 294 g/mol. The van der Waals surface area contributed by atoms with Crippen molar-refractivity contribution in [2.24, 2.45) is 5.92 Å². The van der Waals surface area contributed by atoms with Gasteiger partial charge in [0.05, 0.1) is 0 Å². The Morgan fingerprint density at radius 3 is 2.70 bits per heavy atom. The second-order valence-corrected chi connectivity index (χ2v) is 6.22. The topological polar surface area (TPSA) is 15.3 Å². The number of rotatable bonds is 8. The van der Waals surface area contributed by atoms with Gasteiger partial charge in [-0.25, -0.2) is 0 Å². The van der Waals surface area contributed by atoms with E-state index in [2.05, 4.69) is 36.2 Å². The van der Waals surface area contributed by atoms with E-state index in [0.717, 1.165) is 30.6 Å². The number of nitrogens with one attached hydrogen (secondary N) is 1. The van der Waals surface area contributed by atoms with Gasteiger partial charge in [-0.1, -0.05) is 31.0 Å². The van der Waals surface area contributed by atoms with Crippen molar-refractivity contribution in [3.8, 4) is 0 Å². The zero-order valence-electron chi connectivity index (χ0n) is 12.8. The molecule has 0 unspecified atom stereocenters. The number of nitrogens with zero attached hydrogens (tertiary/aromatic N) is 1. The van der Waals surface area contributed by atoms with Crippen LogP contribution in [-0.2, 0) is 6.54 Å². The van der Waals surface area contributed by atoms with Crippen LogP contribution in [0.5, 0.6) is 0 Å². The van der Waals surface area contributed by atoms with Crippen LogP contribution in [0, 0.1) is 5.92 Å². The molecule has 0 saturated heterocycles. The summed E-state index contributed by atoms with van der Waals surface area (Å²) in [6.45, 7) is 8.67. The van der Waals surface area contributed by atoms with Gasteiger partial charge in [-0.3, -0.25) is 0 Å². The second-order valence-electron chi connectivity index (χ2n) is 5.79. The van der Waals surface area contributed by atoms with Crippen LogP contribution in [0.3, 0.4) is 0 Å². The first-order chi connectivity index (χ1) is 9.74. The lowest BCUT2D eigenvalue weighted by Gasteiger charge is -2.34. The molecule has 1 aromatic carbocycles. The number of benzene rings is 1. The normalized spacial score (nSPS) is 15.2. The summed E-state index contributed by atoms with van der Waals surface area (Å²) in [5.74, 6) is 0.880. The molecule has 0 amide bonds. The molecule has 1 N–H and O–H groups in total. The molecule has 3 heteroatoms. The largest absolute Gasteiger partial charge is 0.371 e. The summed E-state index contributed by atoms with van der Waals surface area (Å²) < 4.78 is 0. The van der Waals surface area contributed by atoms with E-state index in [4.69, 9.17) is 11.6 Å². The summed E-state index contributed by atoms with van der Waals surface area (Å²) in [4.78, 5) is 2.50. The standard InChI is InChI=1S/C17H27ClN2/c1-3-10-19-12-15-8-9-16(18)11-17(15)20(4-2)13-14-6-5-7-14/h8-9,11,14,19H,3-7,10,12-13H2,1-2H3. The maximum Gasteiger partial charge on any atom is 0.0426 e. The summed E-state index contributed by atoms with van der Waals surface area (Å²) in [6.07, 6.45) is 5.35. The molecule has 2 nitrogen and oxygen atoms in total. The van der Waals surface area contributed by atoms with E-state index in [-0.39, 0.29) is 0 Å². The molecule has 0 atom stereocenters. The van der Waals surface area contributed by atoms with Crippen molar-refractivity contribution in [1.29, 1.82) is 0 Å². The fraction of sp³-hybridized carbons (Fsp3) is 0.647. The lowest BCUT2D eigenvalue weighted by Crippen LogP contribution is -2.33. The molecule has 1 aromatic rings. The zero-order valence-corrected chi connectivity index (χ0v) is 13.5. The van der Waals surface area contributed by atoms with Gasteiger partial charge in [0.25, 0.3) is 0 Å². The molecule has 0 aromatic heterocycles. The molecule has 20 heavy (non-hydrogen) atoms. The van der Waals surface area contributed by atoms with E-state index in [1.165, 1.54) is 43.5 Å². The third kappa shape index (κ3) is 4.13. The van der Waals surface area contributed by atoms with Crippen molar-refractivity contribution >= 4 is 17.3 Å². The summed E-state index contributed by atoms with van der Waals surface area (Å²) in [7, 11) is 0. The van der Waals surface area contributed by atoms with Gasteiger partial charge in [-0.05, 0) is 56.3 Å². The van der Waals surface area contributed by atoms with Crippen LogP contribution >= 0.6 is 11.6 Å². The third-order valence-electron chi connectivity index (χ3n) is 4.22. The first-order valence-electron chi connectivity index (χ1n) is 7.98. The first-order valence-corrected chi connectivity index (χ1v) is 8.36. The summed E-state index contributed by atoms with van der Waals surface area (Å²) >= 11 is 6.22. The molecule has 0 aliphatic heterocycles. The van der Waals surface area contributed by atoms with E-state index in [1.54, 1.807) is 0 Å². The number of hydrogen-bond donors (Lipinski definition) is 1. The highest BCUT2D eigenvalue weighted by Crippen LogP contribution is 2.31. The Morgan fingerprint density at radius 2 is 2.10 bits per heavy atom. The minimum Gasteiger partial charge on any atom is -0.371 e. The predicted octanol–water partition coefficient (Wildman–Crippen LogP) is 4.47. The Kier molecular flexibility index (Phi) is 6.18. The SMILES string of the molecule is CCCNCc1ccc(Cl)cc1N(CC)CC1CCC1. The minimum absolute atomic E-state index is 0.839. The van der Waals surface area contributed by atoms with Gasteiger partial charge in [-0.2, -0.15) is 0 Å².